The molecule has 0 aliphatic rings. The van der Waals surface area contributed by atoms with E-state index in [4.69, 9.17) is 16.3 Å². The second-order valence-electron chi connectivity index (χ2n) is 3.19. The minimum Gasteiger partial charge on any atom is -0.439 e. The summed E-state index contributed by atoms with van der Waals surface area (Å²) < 4.78 is 6.75. The van der Waals surface area contributed by atoms with Crippen LogP contribution in [-0.4, -0.2) is 4.98 Å². The molecule has 0 saturated carbocycles. The summed E-state index contributed by atoms with van der Waals surface area (Å²) in [5, 5.41) is 0. The van der Waals surface area contributed by atoms with E-state index < -0.39 is 0 Å². The topological polar surface area (TPSA) is 22.1 Å². The van der Waals surface area contributed by atoms with E-state index in [0.717, 1.165) is 11.3 Å². The summed E-state index contributed by atoms with van der Waals surface area (Å²) in [4.78, 5) is 4.16. The van der Waals surface area contributed by atoms with Crippen LogP contribution >= 0.6 is 34.2 Å². The standard InChI is InChI=1S/C12H9ClINO/c13-7-9-1-6-12(15-8-9)16-11-4-2-10(14)3-5-11/h1-6,8H,7H2. The lowest BCUT2D eigenvalue weighted by atomic mass is 10.3. The van der Waals surface area contributed by atoms with Crippen LogP contribution in [0.4, 0.5) is 0 Å². The van der Waals surface area contributed by atoms with Gasteiger partial charge in [-0.2, -0.15) is 0 Å². The number of pyridine rings is 1. The van der Waals surface area contributed by atoms with Crippen LogP contribution in [0.5, 0.6) is 11.6 Å². The van der Waals surface area contributed by atoms with Gasteiger partial charge in [0, 0.05) is 21.7 Å². The first-order valence-corrected chi connectivity index (χ1v) is 6.33. The maximum absolute atomic E-state index is 5.68. The van der Waals surface area contributed by atoms with Crippen molar-refractivity contribution in [3.8, 4) is 11.6 Å². The van der Waals surface area contributed by atoms with Gasteiger partial charge in [0.25, 0.3) is 0 Å². The molecule has 1 heterocycles. The highest BCUT2D eigenvalue weighted by Gasteiger charge is 1.98. The molecule has 1 aromatic heterocycles. The molecule has 0 atom stereocenters. The summed E-state index contributed by atoms with van der Waals surface area (Å²) in [5.74, 6) is 1.83. The van der Waals surface area contributed by atoms with Gasteiger partial charge in [-0.25, -0.2) is 4.98 Å². The Hall–Kier alpha value is -0.810. The molecular weight excluding hydrogens is 336 g/mol. The van der Waals surface area contributed by atoms with Gasteiger partial charge in [-0.1, -0.05) is 6.07 Å². The van der Waals surface area contributed by atoms with Crippen molar-refractivity contribution in [3.05, 3.63) is 51.7 Å². The number of rotatable bonds is 3. The number of aromatic nitrogens is 1. The molecule has 0 radical (unpaired) electrons. The molecule has 0 N–H and O–H groups in total. The Balaban J connectivity index is 2.11. The number of hydrogen-bond acceptors (Lipinski definition) is 2. The molecular formula is C12H9ClINO. The Morgan fingerprint density at radius 2 is 1.88 bits per heavy atom. The van der Waals surface area contributed by atoms with E-state index in [1.807, 2.05) is 36.4 Å². The third-order valence-electron chi connectivity index (χ3n) is 1.99. The molecule has 0 spiro atoms. The van der Waals surface area contributed by atoms with Gasteiger partial charge in [-0.05, 0) is 52.4 Å². The smallest absolute Gasteiger partial charge is 0.219 e. The van der Waals surface area contributed by atoms with Crippen molar-refractivity contribution in [2.24, 2.45) is 0 Å². The van der Waals surface area contributed by atoms with Gasteiger partial charge in [0.15, 0.2) is 0 Å². The monoisotopic (exact) mass is 345 g/mol. The first-order valence-electron chi connectivity index (χ1n) is 4.72. The second kappa shape index (κ2) is 5.50. The average Bonchev–Trinajstić information content (AvgIpc) is 2.33. The molecule has 0 aliphatic carbocycles. The molecule has 4 heteroatoms. The average molecular weight is 346 g/mol. The minimum absolute atomic E-state index is 0.469. The van der Waals surface area contributed by atoms with E-state index in [2.05, 4.69) is 27.6 Å². The normalized spacial score (nSPS) is 10.1. The molecule has 0 amide bonds. The van der Waals surface area contributed by atoms with E-state index in [9.17, 15) is 0 Å². The molecule has 0 fully saturated rings. The van der Waals surface area contributed by atoms with Crippen molar-refractivity contribution in [1.82, 2.24) is 4.98 Å². The SMILES string of the molecule is ClCc1ccc(Oc2ccc(I)cc2)nc1. The molecule has 2 nitrogen and oxygen atoms in total. The lowest BCUT2D eigenvalue weighted by molar-refractivity contribution is 0.462. The van der Waals surface area contributed by atoms with Crippen molar-refractivity contribution in [2.45, 2.75) is 5.88 Å². The van der Waals surface area contributed by atoms with Crippen LogP contribution in [-0.2, 0) is 5.88 Å². The van der Waals surface area contributed by atoms with Crippen LogP contribution in [0.2, 0.25) is 0 Å². The Morgan fingerprint density at radius 3 is 2.44 bits per heavy atom. The van der Waals surface area contributed by atoms with Gasteiger partial charge in [-0.15, -0.1) is 11.6 Å². The third kappa shape index (κ3) is 3.09. The number of alkyl halides is 1. The maximum Gasteiger partial charge on any atom is 0.219 e. The van der Waals surface area contributed by atoms with Crippen LogP contribution in [0.15, 0.2) is 42.6 Å². The predicted molar refractivity (Wildman–Crippen MR) is 73.0 cm³/mol. The van der Waals surface area contributed by atoms with E-state index >= 15 is 0 Å². The van der Waals surface area contributed by atoms with E-state index in [1.165, 1.54) is 3.57 Å². The molecule has 0 bridgehead atoms. The molecule has 0 unspecified atom stereocenters. The van der Waals surface area contributed by atoms with E-state index in [-0.39, 0.29) is 0 Å². The fourth-order valence-corrected chi connectivity index (χ4v) is 1.69. The lowest BCUT2D eigenvalue weighted by Crippen LogP contribution is -1.88. The van der Waals surface area contributed by atoms with Crippen LogP contribution < -0.4 is 4.74 Å². The highest BCUT2D eigenvalue weighted by molar-refractivity contribution is 14.1. The fourth-order valence-electron chi connectivity index (χ4n) is 1.17. The summed E-state index contributed by atoms with van der Waals surface area (Å²) in [6, 6.07) is 11.5. The number of ether oxygens (including phenoxy) is 1. The van der Waals surface area contributed by atoms with E-state index in [1.54, 1.807) is 6.20 Å². The van der Waals surface area contributed by atoms with Crippen molar-refractivity contribution >= 4 is 34.2 Å². The Kier molecular flexibility index (Phi) is 4.01. The minimum atomic E-state index is 0.469. The quantitative estimate of drug-likeness (QED) is 0.614. The van der Waals surface area contributed by atoms with Gasteiger partial charge in [0.05, 0.1) is 0 Å². The van der Waals surface area contributed by atoms with Gasteiger partial charge in [0.2, 0.25) is 5.88 Å². The van der Waals surface area contributed by atoms with Gasteiger partial charge >= 0.3 is 0 Å². The highest BCUT2D eigenvalue weighted by atomic mass is 127. The predicted octanol–water partition coefficient (Wildman–Crippen LogP) is 4.22. The van der Waals surface area contributed by atoms with Crippen LogP contribution in [0, 0.1) is 3.57 Å². The van der Waals surface area contributed by atoms with Crippen LogP contribution in [0.1, 0.15) is 5.56 Å². The zero-order chi connectivity index (χ0) is 11.4. The molecule has 0 saturated heterocycles. The summed E-state index contributed by atoms with van der Waals surface area (Å²) in [6.45, 7) is 0. The summed E-state index contributed by atoms with van der Waals surface area (Å²) >= 11 is 7.93. The number of halogens is 2. The fraction of sp³-hybridized carbons (Fsp3) is 0.0833. The van der Waals surface area contributed by atoms with Crippen molar-refractivity contribution in [1.29, 1.82) is 0 Å². The molecule has 0 aliphatic heterocycles. The van der Waals surface area contributed by atoms with Crippen molar-refractivity contribution < 1.29 is 4.74 Å². The number of benzene rings is 1. The van der Waals surface area contributed by atoms with Crippen molar-refractivity contribution in [3.63, 3.8) is 0 Å². The molecule has 2 rings (SSSR count). The molecule has 2 aromatic rings. The number of nitrogens with zero attached hydrogens (tertiary/aromatic N) is 1. The van der Waals surface area contributed by atoms with E-state index in [0.29, 0.717) is 11.8 Å². The molecule has 82 valence electrons. The van der Waals surface area contributed by atoms with Gasteiger partial charge in [0.1, 0.15) is 5.75 Å². The van der Waals surface area contributed by atoms with Crippen LogP contribution in [0.3, 0.4) is 0 Å². The summed E-state index contributed by atoms with van der Waals surface area (Å²) in [5.41, 5.74) is 0.983. The lowest BCUT2D eigenvalue weighted by Gasteiger charge is -2.04. The first-order chi connectivity index (χ1) is 7.78. The summed E-state index contributed by atoms with van der Waals surface area (Å²) in [6.07, 6.45) is 1.72. The number of hydrogen-bond donors (Lipinski definition) is 0. The molecule has 16 heavy (non-hydrogen) atoms. The van der Waals surface area contributed by atoms with Crippen LogP contribution in [0.25, 0.3) is 0 Å². The zero-order valence-electron chi connectivity index (χ0n) is 8.36. The van der Waals surface area contributed by atoms with Gasteiger partial charge < -0.3 is 4.74 Å². The zero-order valence-corrected chi connectivity index (χ0v) is 11.3. The highest BCUT2D eigenvalue weighted by Crippen LogP contribution is 2.20. The summed E-state index contributed by atoms with van der Waals surface area (Å²) in [7, 11) is 0. The largest absolute Gasteiger partial charge is 0.439 e. The molecule has 1 aromatic carbocycles. The van der Waals surface area contributed by atoms with Gasteiger partial charge in [-0.3, -0.25) is 0 Å². The Morgan fingerprint density at radius 1 is 1.12 bits per heavy atom. The maximum atomic E-state index is 5.68. The van der Waals surface area contributed by atoms with Crippen molar-refractivity contribution in [2.75, 3.05) is 0 Å². The Labute approximate surface area is 113 Å². The Bertz CT molecular complexity index is 455. The first kappa shape index (κ1) is 11.7. The second-order valence-corrected chi connectivity index (χ2v) is 4.71. The third-order valence-corrected chi connectivity index (χ3v) is 3.02.